The number of imidazole rings is 1. The highest BCUT2D eigenvalue weighted by molar-refractivity contribution is 7.92. The van der Waals surface area contributed by atoms with Gasteiger partial charge in [0.15, 0.2) is 19.8 Å². The van der Waals surface area contributed by atoms with Gasteiger partial charge in [-0.2, -0.15) is 9.35 Å². The van der Waals surface area contributed by atoms with Gasteiger partial charge in [0, 0.05) is 54.8 Å². The maximum atomic E-state index is 15.8. The monoisotopic (exact) mass is 834 g/mol. The standard InChI is InChI=1S/C40H57F3N4O6SSi2/c1-25-34(53-56(10,11)40(2,3)4)23-51-37(25)28(21-48)22-52-39-44-33-20-32(43)36(45-38(33)47(39)24-50-16-17-55(7,8)9)35-30(41)18-27(19-31(35)42)26-12-14-29(15-13-26)46-54(5,6)49/h12-15,18-20,25,28,34,37,48H,16-17,21-24H2,1-11H3. The smallest absolute Gasteiger partial charge is 0.300 e. The van der Waals surface area contributed by atoms with Gasteiger partial charge in [0.25, 0.3) is 0 Å². The molecule has 1 aliphatic rings. The van der Waals surface area contributed by atoms with E-state index in [1.54, 1.807) is 24.3 Å². The van der Waals surface area contributed by atoms with Gasteiger partial charge in [-0.3, -0.25) is 4.57 Å². The molecule has 0 saturated carbocycles. The highest BCUT2D eigenvalue weighted by Gasteiger charge is 2.45. The molecule has 0 aliphatic carbocycles. The van der Waals surface area contributed by atoms with E-state index in [4.69, 9.17) is 18.6 Å². The molecular formula is C40H57F3N4O6SSi2. The second kappa shape index (κ2) is 17.0. The lowest BCUT2D eigenvalue weighted by Gasteiger charge is -2.39. The molecule has 0 radical (unpaired) electrons. The number of aliphatic hydroxyl groups is 1. The van der Waals surface area contributed by atoms with Crippen molar-refractivity contribution in [2.24, 2.45) is 16.2 Å². The van der Waals surface area contributed by atoms with Gasteiger partial charge in [-0.1, -0.05) is 59.5 Å². The van der Waals surface area contributed by atoms with Crippen LogP contribution >= 0.6 is 0 Å². The summed E-state index contributed by atoms with van der Waals surface area (Å²) >= 11 is 0. The first-order valence-electron chi connectivity index (χ1n) is 18.9. The van der Waals surface area contributed by atoms with Crippen molar-refractivity contribution in [2.45, 2.75) is 90.5 Å². The lowest BCUT2D eigenvalue weighted by molar-refractivity contribution is -0.00277. The Kier molecular flexibility index (Phi) is 13.4. The van der Waals surface area contributed by atoms with Crippen LogP contribution in [0.1, 0.15) is 27.7 Å². The first-order valence-corrected chi connectivity index (χ1v) is 27.9. The third-order valence-corrected chi connectivity index (χ3v) is 17.5. The number of pyridine rings is 1. The Bertz CT molecular complexity index is 2120. The van der Waals surface area contributed by atoms with E-state index in [0.29, 0.717) is 24.5 Å². The molecule has 1 aliphatic heterocycles. The van der Waals surface area contributed by atoms with Crippen molar-refractivity contribution >= 4 is 43.0 Å². The zero-order chi connectivity index (χ0) is 41.4. The summed E-state index contributed by atoms with van der Waals surface area (Å²) in [5.74, 6) is -3.44. The number of benzene rings is 2. The summed E-state index contributed by atoms with van der Waals surface area (Å²) in [7, 11) is -5.91. The molecule has 4 aromatic rings. The van der Waals surface area contributed by atoms with Gasteiger partial charge >= 0.3 is 6.01 Å². The topological polar surface area (TPSA) is 117 Å². The maximum Gasteiger partial charge on any atom is 0.300 e. The van der Waals surface area contributed by atoms with Crippen LogP contribution in [0.3, 0.4) is 0 Å². The molecule has 4 unspecified atom stereocenters. The summed E-state index contributed by atoms with van der Waals surface area (Å²) in [5, 5.41) is 10.5. The Morgan fingerprint density at radius 3 is 2.21 bits per heavy atom. The number of nitrogens with zero attached hydrogens (tertiary/aromatic N) is 4. The number of aromatic nitrogens is 3. The normalized spacial score (nSPS) is 18.8. The van der Waals surface area contributed by atoms with E-state index in [1.165, 1.54) is 17.1 Å². The highest BCUT2D eigenvalue weighted by Crippen LogP contribution is 2.41. The number of hydrogen-bond acceptors (Lipinski definition) is 9. The summed E-state index contributed by atoms with van der Waals surface area (Å²) in [6, 6.07) is 10.7. The zero-order valence-electron chi connectivity index (χ0n) is 34.4. The number of fused-ring (bicyclic) bond motifs is 1. The van der Waals surface area contributed by atoms with Crippen LogP contribution in [0.2, 0.25) is 43.8 Å². The zero-order valence-corrected chi connectivity index (χ0v) is 37.2. The minimum absolute atomic E-state index is 0.0154. The van der Waals surface area contributed by atoms with Crippen LogP contribution in [0.4, 0.5) is 18.9 Å². The summed E-state index contributed by atoms with van der Waals surface area (Å²) < 4.78 is 90.3. The van der Waals surface area contributed by atoms with E-state index in [1.807, 2.05) is 0 Å². The first-order chi connectivity index (χ1) is 26.0. The van der Waals surface area contributed by atoms with E-state index < -0.39 is 60.7 Å². The predicted octanol–water partition coefficient (Wildman–Crippen LogP) is 9.27. The third kappa shape index (κ3) is 10.5. The summed E-state index contributed by atoms with van der Waals surface area (Å²) in [6.07, 6.45) is 2.55. The second-order valence-electron chi connectivity index (χ2n) is 17.8. The molecule has 0 amide bonds. The lowest BCUT2D eigenvalue weighted by Crippen LogP contribution is -2.46. The van der Waals surface area contributed by atoms with Gasteiger partial charge < -0.3 is 23.7 Å². The average Bonchev–Trinajstić information content (AvgIpc) is 3.59. The first kappa shape index (κ1) is 44.0. The number of rotatable bonds is 15. The van der Waals surface area contributed by atoms with E-state index in [9.17, 15) is 9.32 Å². The van der Waals surface area contributed by atoms with Gasteiger partial charge in [-0.15, -0.1) is 0 Å². The van der Waals surface area contributed by atoms with Crippen LogP contribution in [-0.4, -0.2) is 91.4 Å². The predicted molar refractivity (Wildman–Crippen MR) is 222 cm³/mol. The minimum Gasteiger partial charge on any atom is -0.464 e. The van der Waals surface area contributed by atoms with Gasteiger partial charge in [0.05, 0.1) is 43.3 Å². The number of ether oxygens (including phenoxy) is 3. The van der Waals surface area contributed by atoms with Crippen molar-refractivity contribution in [1.29, 1.82) is 0 Å². The molecule has 0 spiro atoms. The molecule has 4 atom stereocenters. The van der Waals surface area contributed by atoms with Crippen LogP contribution in [-0.2, 0) is 30.4 Å². The fourth-order valence-electron chi connectivity index (χ4n) is 6.29. The molecule has 5 rings (SSSR count). The van der Waals surface area contributed by atoms with Crippen molar-refractivity contribution in [3.8, 4) is 28.4 Å². The van der Waals surface area contributed by atoms with Crippen LogP contribution < -0.4 is 4.74 Å². The molecule has 10 nitrogen and oxygen atoms in total. The highest BCUT2D eigenvalue weighted by atomic mass is 32.2. The van der Waals surface area contributed by atoms with Crippen molar-refractivity contribution in [1.82, 2.24) is 14.5 Å². The molecule has 56 heavy (non-hydrogen) atoms. The van der Waals surface area contributed by atoms with Gasteiger partial charge in [0.1, 0.15) is 29.6 Å². The molecule has 2 aromatic heterocycles. The number of halogens is 3. The van der Waals surface area contributed by atoms with Crippen molar-refractivity contribution < 1.29 is 41.1 Å². The van der Waals surface area contributed by atoms with Crippen molar-refractivity contribution in [2.75, 3.05) is 38.9 Å². The molecule has 3 heterocycles. The van der Waals surface area contributed by atoms with E-state index >= 15 is 13.2 Å². The Hall–Kier alpha value is -3.13. The van der Waals surface area contributed by atoms with Crippen LogP contribution in [0.15, 0.2) is 46.8 Å². The molecule has 16 heteroatoms. The summed E-state index contributed by atoms with van der Waals surface area (Å²) in [5.41, 5.74) is 0.242. The molecular weight excluding hydrogens is 778 g/mol. The molecule has 2 aromatic carbocycles. The summed E-state index contributed by atoms with van der Waals surface area (Å²) in [6.45, 7) is 20.3. The van der Waals surface area contributed by atoms with Crippen molar-refractivity contribution in [3.05, 3.63) is 59.9 Å². The van der Waals surface area contributed by atoms with Gasteiger partial charge in [-0.25, -0.2) is 22.4 Å². The molecule has 1 N–H and O–H groups in total. The van der Waals surface area contributed by atoms with Crippen LogP contribution in [0.5, 0.6) is 6.01 Å². The van der Waals surface area contributed by atoms with E-state index in [2.05, 4.69) is 74.8 Å². The quantitative estimate of drug-likeness (QED) is 0.0931. The Morgan fingerprint density at radius 1 is 1.00 bits per heavy atom. The SMILES string of the molecule is CC1C(O[Si](C)(C)C(C)(C)C)COC1C(CO)COc1nc2cc(F)c(-c3c(F)cc(-c4ccc(N=S(C)(C)=O)cc4)cc3F)nc2n1COCC[Si](C)(C)C. The minimum atomic E-state index is -2.39. The fourth-order valence-corrected chi connectivity index (χ4v) is 9.07. The molecule has 1 saturated heterocycles. The van der Waals surface area contributed by atoms with E-state index in [-0.39, 0.29) is 65.8 Å². The Balaban J connectivity index is 1.44. The Morgan fingerprint density at radius 2 is 1.64 bits per heavy atom. The second-order valence-corrected chi connectivity index (χ2v) is 30.7. The Labute approximate surface area is 331 Å². The van der Waals surface area contributed by atoms with Crippen LogP contribution in [0.25, 0.3) is 33.5 Å². The fraction of sp³-hybridized carbons (Fsp3) is 0.550. The molecule has 0 bridgehead atoms. The largest absolute Gasteiger partial charge is 0.464 e. The lowest BCUT2D eigenvalue weighted by atomic mass is 9.92. The van der Waals surface area contributed by atoms with Gasteiger partial charge in [-0.05, 0) is 59.6 Å². The summed E-state index contributed by atoms with van der Waals surface area (Å²) in [4.78, 5) is 8.95. The van der Waals surface area contributed by atoms with E-state index in [0.717, 1.165) is 24.2 Å². The van der Waals surface area contributed by atoms with Crippen LogP contribution in [0, 0.1) is 29.3 Å². The maximum absolute atomic E-state index is 15.8. The van der Waals surface area contributed by atoms with Crippen molar-refractivity contribution in [3.63, 3.8) is 0 Å². The van der Waals surface area contributed by atoms with Gasteiger partial charge in [0.2, 0.25) is 0 Å². The third-order valence-electron chi connectivity index (χ3n) is 10.6. The number of aliphatic hydroxyl groups excluding tert-OH is 1. The average molecular weight is 835 g/mol. The number of hydrogen-bond donors (Lipinski definition) is 1. The molecule has 308 valence electrons. The molecule has 1 fully saturated rings.